The molecule has 0 aromatic heterocycles. The van der Waals surface area contributed by atoms with Crippen LogP contribution in [-0.2, 0) is 0 Å². The summed E-state index contributed by atoms with van der Waals surface area (Å²) in [6.45, 7) is 5.09. The van der Waals surface area contributed by atoms with Crippen LogP contribution in [0.15, 0.2) is 24.3 Å². The van der Waals surface area contributed by atoms with E-state index in [1.165, 1.54) is 0 Å². The summed E-state index contributed by atoms with van der Waals surface area (Å²) in [5.41, 5.74) is 0. The first-order chi connectivity index (χ1) is 7.65. The second kappa shape index (κ2) is 6.79. The molecule has 0 spiro atoms. The van der Waals surface area contributed by atoms with Crippen LogP contribution in [0.3, 0.4) is 0 Å². The SMILES string of the molecule is COc1ccccc1OCCC(C)C(C)Br. The lowest BCUT2D eigenvalue weighted by molar-refractivity contribution is 0.269. The molecule has 3 heteroatoms. The van der Waals surface area contributed by atoms with E-state index in [1.54, 1.807) is 7.11 Å². The summed E-state index contributed by atoms with van der Waals surface area (Å²) in [7, 11) is 1.66. The molecule has 0 radical (unpaired) electrons. The molecular weight excluding hydrogens is 268 g/mol. The van der Waals surface area contributed by atoms with Gasteiger partial charge in [0.15, 0.2) is 11.5 Å². The van der Waals surface area contributed by atoms with Gasteiger partial charge in [-0.2, -0.15) is 0 Å². The zero-order chi connectivity index (χ0) is 12.0. The van der Waals surface area contributed by atoms with Gasteiger partial charge in [0.05, 0.1) is 13.7 Å². The van der Waals surface area contributed by atoms with Crippen molar-refractivity contribution in [3.8, 4) is 11.5 Å². The number of halogens is 1. The van der Waals surface area contributed by atoms with Crippen LogP contribution in [0.25, 0.3) is 0 Å². The smallest absolute Gasteiger partial charge is 0.161 e. The summed E-state index contributed by atoms with van der Waals surface area (Å²) in [4.78, 5) is 0.522. The first-order valence-corrected chi connectivity index (χ1v) is 6.46. The van der Waals surface area contributed by atoms with Crippen LogP contribution in [0.4, 0.5) is 0 Å². The summed E-state index contributed by atoms with van der Waals surface area (Å²) in [5.74, 6) is 2.22. The van der Waals surface area contributed by atoms with Crippen LogP contribution >= 0.6 is 15.9 Å². The van der Waals surface area contributed by atoms with Crippen molar-refractivity contribution in [2.24, 2.45) is 5.92 Å². The molecule has 2 nitrogen and oxygen atoms in total. The van der Waals surface area contributed by atoms with E-state index in [4.69, 9.17) is 9.47 Å². The maximum atomic E-state index is 5.70. The van der Waals surface area contributed by atoms with E-state index in [9.17, 15) is 0 Å². The highest BCUT2D eigenvalue weighted by molar-refractivity contribution is 9.09. The molecule has 90 valence electrons. The standard InChI is InChI=1S/C13H19BrO2/c1-10(11(2)14)8-9-16-13-7-5-4-6-12(13)15-3/h4-7,10-11H,8-9H2,1-3H3. The summed E-state index contributed by atoms with van der Waals surface area (Å²) >= 11 is 3.57. The van der Waals surface area contributed by atoms with Gasteiger partial charge in [0.25, 0.3) is 0 Å². The molecule has 2 unspecified atom stereocenters. The molecule has 0 fully saturated rings. The topological polar surface area (TPSA) is 18.5 Å². The lowest BCUT2D eigenvalue weighted by atomic mass is 10.1. The maximum absolute atomic E-state index is 5.70. The lowest BCUT2D eigenvalue weighted by Gasteiger charge is -2.15. The number of hydrogen-bond donors (Lipinski definition) is 0. The van der Waals surface area contributed by atoms with E-state index in [-0.39, 0.29) is 0 Å². The van der Waals surface area contributed by atoms with Crippen molar-refractivity contribution in [2.75, 3.05) is 13.7 Å². The second-order valence-corrected chi connectivity index (χ2v) is 5.39. The Labute approximate surface area is 106 Å². The molecular formula is C13H19BrO2. The molecule has 0 saturated carbocycles. The fourth-order valence-electron chi connectivity index (χ4n) is 1.32. The second-order valence-electron chi connectivity index (χ2n) is 3.94. The van der Waals surface area contributed by atoms with Crippen LogP contribution in [0.2, 0.25) is 0 Å². The maximum Gasteiger partial charge on any atom is 0.161 e. The highest BCUT2D eigenvalue weighted by Crippen LogP contribution is 2.26. The van der Waals surface area contributed by atoms with Gasteiger partial charge in [-0.1, -0.05) is 41.9 Å². The minimum Gasteiger partial charge on any atom is -0.493 e. The Morgan fingerprint density at radius 2 is 1.81 bits per heavy atom. The van der Waals surface area contributed by atoms with Gasteiger partial charge >= 0.3 is 0 Å². The quantitative estimate of drug-likeness (QED) is 0.739. The molecule has 1 aromatic carbocycles. The largest absolute Gasteiger partial charge is 0.493 e. The normalized spacial score (nSPS) is 14.2. The third kappa shape index (κ3) is 4.05. The van der Waals surface area contributed by atoms with Crippen LogP contribution in [0.1, 0.15) is 20.3 Å². The Morgan fingerprint density at radius 3 is 2.38 bits per heavy atom. The van der Waals surface area contributed by atoms with Gasteiger partial charge in [0, 0.05) is 4.83 Å². The minimum absolute atomic E-state index is 0.522. The first kappa shape index (κ1) is 13.4. The number of benzene rings is 1. The van der Waals surface area contributed by atoms with Crippen molar-refractivity contribution < 1.29 is 9.47 Å². The van der Waals surface area contributed by atoms with Crippen molar-refractivity contribution in [1.29, 1.82) is 0 Å². The third-order valence-corrected chi connectivity index (χ3v) is 3.59. The summed E-state index contributed by atoms with van der Waals surface area (Å²) in [6.07, 6.45) is 1.03. The summed E-state index contributed by atoms with van der Waals surface area (Å²) < 4.78 is 10.9. The lowest BCUT2D eigenvalue weighted by Crippen LogP contribution is -2.11. The Kier molecular flexibility index (Phi) is 5.67. The molecule has 1 rings (SSSR count). The van der Waals surface area contributed by atoms with Crippen molar-refractivity contribution >= 4 is 15.9 Å². The molecule has 0 bridgehead atoms. The Balaban J connectivity index is 2.42. The number of ether oxygens (including phenoxy) is 2. The molecule has 2 atom stereocenters. The van der Waals surface area contributed by atoms with Crippen molar-refractivity contribution in [3.05, 3.63) is 24.3 Å². The van der Waals surface area contributed by atoms with Crippen molar-refractivity contribution in [1.82, 2.24) is 0 Å². The van der Waals surface area contributed by atoms with E-state index in [0.29, 0.717) is 10.7 Å². The highest BCUT2D eigenvalue weighted by atomic mass is 79.9. The van der Waals surface area contributed by atoms with Gasteiger partial charge in [0.1, 0.15) is 0 Å². The Morgan fingerprint density at radius 1 is 1.19 bits per heavy atom. The van der Waals surface area contributed by atoms with Gasteiger partial charge in [0.2, 0.25) is 0 Å². The fraction of sp³-hybridized carbons (Fsp3) is 0.538. The zero-order valence-electron chi connectivity index (χ0n) is 10.1. The fourth-order valence-corrected chi connectivity index (χ4v) is 1.59. The summed E-state index contributed by atoms with van der Waals surface area (Å²) in [6, 6.07) is 7.73. The molecule has 0 saturated heterocycles. The number of hydrogen-bond acceptors (Lipinski definition) is 2. The number of rotatable bonds is 6. The molecule has 0 N–H and O–H groups in total. The van der Waals surface area contributed by atoms with Crippen LogP contribution < -0.4 is 9.47 Å². The van der Waals surface area contributed by atoms with Gasteiger partial charge in [-0.3, -0.25) is 0 Å². The van der Waals surface area contributed by atoms with E-state index in [0.717, 1.165) is 24.5 Å². The van der Waals surface area contributed by atoms with Crippen LogP contribution in [-0.4, -0.2) is 18.5 Å². The van der Waals surface area contributed by atoms with Crippen LogP contribution in [0.5, 0.6) is 11.5 Å². The average Bonchev–Trinajstić information content (AvgIpc) is 2.29. The Hall–Kier alpha value is -0.700. The highest BCUT2D eigenvalue weighted by Gasteiger charge is 2.09. The number of para-hydroxylation sites is 2. The molecule has 16 heavy (non-hydrogen) atoms. The first-order valence-electron chi connectivity index (χ1n) is 5.55. The van der Waals surface area contributed by atoms with Gasteiger partial charge in [-0.25, -0.2) is 0 Å². The molecule has 0 heterocycles. The minimum atomic E-state index is 0.522. The van der Waals surface area contributed by atoms with Crippen molar-refractivity contribution in [2.45, 2.75) is 25.1 Å². The average molecular weight is 287 g/mol. The molecule has 0 aliphatic carbocycles. The molecule has 1 aromatic rings. The van der Waals surface area contributed by atoms with Crippen LogP contribution in [0, 0.1) is 5.92 Å². The monoisotopic (exact) mass is 286 g/mol. The van der Waals surface area contributed by atoms with Gasteiger partial charge in [-0.05, 0) is 24.5 Å². The Bertz CT molecular complexity index is 313. The van der Waals surface area contributed by atoms with E-state index >= 15 is 0 Å². The molecule has 0 amide bonds. The van der Waals surface area contributed by atoms with Gasteiger partial charge in [-0.15, -0.1) is 0 Å². The van der Waals surface area contributed by atoms with E-state index < -0.39 is 0 Å². The number of methoxy groups -OCH3 is 1. The van der Waals surface area contributed by atoms with Gasteiger partial charge < -0.3 is 9.47 Å². The predicted molar refractivity (Wildman–Crippen MR) is 70.7 cm³/mol. The molecule has 0 aliphatic rings. The van der Waals surface area contributed by atoms with E-state index in [2.05, 4.69) is 29.8 Å². The summed E-state index contributed by atoms with van der Waals surface area (Å²) in [5, 5.41) is 0. The number of alkyl halides is 1. The van der Waals surface area contributed by atoms with Crippen molar-refractivity contribution in [3.63, 3.8) is 0 Å². The zero-order valence-corrected chi connectivity index (χ0v) is 11.7. The molecule has 0 aliphatic heterocycles. The van der Waals surface area contributed by atoms with E-state index in [1.807, 2.05) is 24.3 Å². The third-order valence-electron chi connectivity index (χ3n) is 2.68. The predicted octanol–water partition coefficient (Wildman–Crippen LogP) is 3.88.